The van der Waals surface area contributed by atoms with Crippen molar-refractivity contribution in [2.24, 2.45) is 17.6 Å². The Morgan fingerprint density at radius 1 is 0.683 bits per heavy atom. The van der Waals surface area contributed by atoms with Crippen LogP contribution in [-0.2, 0) is 9.59 Å². The summed E-state index contributed by atoms with van der Waals surface area (Å²) in [6, 6.07) is 15.3. The van der Waals surface area contributed by atoms with Gasteiger partial charge in [-0.15, -0.1) is 0 Å². The number of fused-ring (bicyclic) bond motifs is 2. The van der Waals surface area contributed by atoms with Crippen LogP contribution in [0.5, 0.6) is 11.5 Å². The number of Topliss-reactive ketones (excluding diaryl/α,β-unsaturated/α-hetero) is 2. The van der Waals surface area contributed by atoms with Crippen LogP contribution in [-0.4, -0.2) is 63.8 Å². The largest absolute Gasteiger partial charge is 0.486 e. The number of hydrogen-bond acceptors (Lipinski definition) is 11. The van der Waals surface area contributed by atoms with Crippen LogP contribution in [0, 0.1) is 23.5 Å². The Hall–Kier alpha value is -5.90. The van der Waals surface area contributed by atoms with Crippen molar-refractivity contribution in [2.75, 3.05) is 13.2 Å². The maximum atomic E-state index is 13.4. The summed E-state index contributed by atoms with van der Waals surface area (Å²) >= 11 is 11.2. The third kappa shape index (κ3) is 14.1. The molecule has 4 N–H and O–H groups in total. The number of benzene rings is 2. The first-order chi connectivity index (χ1) is 30.3. The summed E-state index contributed by atoms with van der Waals surface area (Å²) < 4.78 is 47.8. The molecule has 2 aromatic carbocycles. The number of pyridine rings is 2. The molecule has 6 aromatic rings. The summed E-state index contributed by atoms with van der Waals surface area (Å²) in [4.78, 5) is 54.8. The van der Waals surface area contributed by atoms with E-state index in [9.17, 15) is 28.0 Å². The van der Waals surface area contributed by atoms with E-state index in [1.54, 1.807) is 42.9 Å². The molecule has 0 atom stereocenters. The van der Waals surface area contributed by atoms with E-state index < -0.39 is 17.6 Å². The minimum Gasteiger partial charge on any atom is -0.486 e. The van der Waals surface area contributed by atoms with E-state index in [2.05, 4.69) is 15.3 Å². The van der Waals surface area contributed by atoms with E-state index in [1.165, 1.54) is 42.6 Å². The van der Waals surface area contributed by atoms with Crippen LogP contribution in [0.25, 0.3) is 21.9 Å². The second-order valence-corrected chi connectivity index (χ2v) is 16.4. The number of carboxylic acids is 1. The number of carbonyl (C=O) groups is 4. The Morgan fingerprint density at radius 2 is 1.14 bits per heavy atom. The summed E-state index contributed by atoms with van der Waals surface area (Å²) in [5.74, 6) is -0.923. The van der Waals surface area contributed by atoms with Gasteiger partial charge in [-0.2, -0.15) is 0 Å². The fraction of sp³-hybridized carbons (Fsp3) is 0.348. The molecular weight excluding hydrogens is 861 g/mol. The second-order valence-electron chi connectivity index (χ2n) is 15.5. The van der Waals surface area contributed by atoms with Crippen LogP contribution in [0.2, 0.25) is 10.0 Å². The van der Waals surface area contributed by atoms with E-state index in [-0.39, 0.29) is 76.0 Å². The van der Waals surface area contributed by atoms with Gasteiger partial charge in [-0.25, -0.2) is 13.6 Å². The molecule has 2 aliphatic rings. The van der Waals surface area contributed by atoms with Gasteiger partial charge in [-0.3, -0.25) is 24.4 Å². The molecule has 0 radical (unpaired) electrons. The number of aromatic carboxylic acids is 1. The lowest BCUT2D eigenvalue weighted by molar-refractivity contribution is -0.123. The fourth-order valence-electron chi connectivity index (χ4n) is 7.37. The molecule has 13 nitrogen and oxygen atoms in total. The predicted molar refractivity (Wildman–Crippen MR) is 231 cm³/mol. The molecule has 0 bridgehead atoms. The Bertz CT molecular complexity index is 2450. The Morgan fingerprint density at radius 3 is 1.60 bits per heavy atom. The Balaban J connectivity index is 0.000000175. The number of carboxylic acid groups (broad SMARTS) is 1. The molecule has 2 aliphatic carbocycles. The molecule has 0 spiro atoms. The number of furan rings is 2. The molecule has 8 rings (SSSR count). The molecule has 0 saturated heterocycles. The molecule has 4 heterocycles. The molecular formula is C46H46Cl2F2N4O9. The standard InChI is InChI=1S/C23H22ClFN2O4.C15H19ClFNO2.C8H5NO3/c24-19-6-5-18(11-20(19)25)30-13-17(28)9-14-1-3-16(4-2-14)27-23(29)21-10-15-7-8-26-12-22(15)31-21;16-14-6-5-13(8-15(14)17)20-9-12(19)7-10-1-3-11(18)4-2-10;10-8(11)6-3-5-1-2-9-4-7(5)12-6/h5-8,10-12,14,16H,1-4,9,13H2,(H,27,29);5-6,8,10-11H,1-4,7,9,18H2;1-4H,(H,10,11). The molecule has 4 aromatic heterocycles. The van der Waals surface area contributed by atoms with Crippen molar-refractivity contribution in [3.05, 3.63) is 119 Å². The minimum absolute atomic E-state index is 0.0138. The van der Waals surface area contributed by atoms with E-state index >= 15 is 0 Å². The zero-order chi connectivity index (χ0) is 44.9. The third-order valence-electron chi connectivity index (χ3n) is 10.8. The first-order valence-corrected chi connectivity index (χ1v) is 21.2. The van der Waals surface area contributed by atoms with Gasteiger partial charge >= 0.3 is 5.97 Å². The molecule has 2 saturated carbocycles. The van der Waals surface area contributed by atoms with Crippen molar-refractivity contribution in [2.45, 2.75) is 76.3 Å². The van der Waals surface area contributed by atoms with E-state index in [4.69, 9.17) is 52.4 Å². The fourth-order valence-corrected chi connectivity index (χ4v) is 7.60. The van der Waals surface area contributed by atoms with E-state index in [0.717, 1.165) is 62.1 Å². The predicted octanol–water partition coefficient (Wildman–Crippen LogP) is 9.81. The van der Waals surface area contributed by atoms with Crippen LogP contribution < -0.4 is 20.5 Å². The van der Waals surface area contributed by atoms with Crippen molar-refractivity contribution in [3.8, 4) is 11.5 Å². The number of amides is 1. The first-order valence-electron chi connectivity index (χ1n) is 20.5. The number of halogens is 4. The highest BCUT2D eigenvalue weighted by molar-refractivity contribution is 6.31. The lowest BCUT2D eigenvalue weighted by Crippen LogP contribution is -2.37. The monoisotopic (exact) mass is 906 g/mol. The topological polar surface area (TPSA) is 197 Å². The summed E-state index contributed by atoms with van der Waals surface area (Å²) in [6.07, 6.45) is 14.5. The van der Waals surface area contributed by atoms with Gasteiger partial charge in [-0.05, 0) is 112 Å². The van der Waals surface area contributed by atoms with Crippen molar-refractivity contribution in [1.82, 2.24) is 15.3 Å². The molecule has 17 heteroatoms. The average molecular weight is 908 g/mol. The number of nitrogens with one attached hydrogen (secondary N) is 1. The SMILES string of the molecule is NC1CCC(CC(=O)COc2ccc(Cl)c(F)c2)CC1.O=C(COc1ccc(Cl)c(F)c1)CC1CCC(NC(=O)c2cc3ccncc3o2)CC1.O=C(O)c1cc2ccncc2o1. The van der Waals surface area contributed by atoms with Crippen molar-refractivity contribution >= 4 is 68.6 Å². The van der Waals surface area contributed by atoms with Gasteiger partial charge in [0, 0.05) is 60.2 Å². The number of hydrogen-bond donors (Lipinski definition) is 3. The van der Waals surface area contributed by atoms with Gasteiger partial charge in [-0.1, -0.05) is 23.2 Å². The lowest BCUT2D eigenvalue weighted by Gasteiger charge is -2.28. The van der Waals surface area contributed by atoms with Crippen molar-refractivity contribution in [3.63, 3.8) is 0 Å². The highest BCUT2D eigenvalue weighted by Crippen LogP contribution is 2.29. The first kappa shape index (κ1) is 46.6. The molecule has 332 valence electrons. The zero-order valence-electron chi connectivity index (χ0n) is 34.1. The van der Waals surface area contributed by atoms with Crippen LogP contribution in [0.4, 0.5) is 8.78 Å². The van der Waals surface area contributed by atoms with Gasteiger partial charge in [0.05, 0.1) is 22.4 Å². The Labute approximate surface area is 371 Å². The molecule has 0 unspecified atom stereocenters. The molecule has 63 heavy (non-hydrogen) atoms. The zero-order valence-corrected chi connectivity index (χ0v) is 35.6. The highest BCUT2D eigenvalue weighted by atomic mass is 35.5. The molecule has 1 amide bonds. The van der Waals surface area contributed by atoms with Gasteiger partial charge in [0.2, 0.25) is 5.76 Å². The third-order valence-corrected chi connectivity index (χ3v) is 11.4. The second kappa shape index (κ2) is 22.5. The number of aromatic nitrogens is 2. The summed E-state index contributed by atoms with van der Waals surface area (Å²) in [5, 5.41) is 13.2. The average Bonchev–Trinajstić information content (AvgIpc) is 3.92. The summed E-state index contributed by atoms with van der Waals surface area (Å²) in [6.45, 7) is -0.123. The van der Waals surface area contributed by atoms with Gasteiger partial charge in [0.15, 0.2) is 28.5 Å². The lowest BCUT2D eigenvalue weighted by atomic mass is 9.83. The van der Waals surface area contributed by atoms with Crippen molar-refractivity contribution < 1.29 is 51.4 Å². The van der Waals surface area contributed by atoms with Gasteiger partial charge < -0.3 is 34.5 Å². The maximum absolute atomic E-state index is 13.4. The number of rotatable bonds is 13. The summed E-state index contributed by atoms with van der Waals surface area (Å²) in [7, 11) is 0. The van der Waals surface area contributed by atoms with E-state index in [0.29, 0.717) is 35.7 Å². The van der Waals surface area contributed by atoms with Crippen molar-refractivity contribution in [1.29, 1.82) is 0 Å². The normalized spacial score (nSPS) is 18.3. The number of carbonyl (C=O) groups excluding carboxylic acids is 3. The van der Waals surface area contributed by atoms with Crippen LogP contribution in [0.3, 0.4) is 0 Å². The number of ketones is 2. The smallest absolute Gasteiger partial charge is 0.371 e. The quantitative estimate of drug-likeness (QED) is 0.0993. The highest BCUT2D eigenvalue weighted by Gasteiger charge is 2.26. The minimum atomic E-state index is -1.06. The van der Waals surface area contributed by atoms with Crippen LogP contribution >= 0.6 is 23.2 Å². The number of ether oxygens (including phenoxy) is 2. The number of nitrogens with zero attached hydrogens (tertiary/aromatic N) is 2. The van der Waals surface area contributed by atoms with E-state index in [1.807, 2.05) is 0 Å². The maximum Gasteiger partial charge on any atom is 0.371 e. The molecule has 2 fully saturated rings. The number of nitrogens with two attached hydrogens (primary N) is 1. The summed E-state index contributed by atoms with van der Waals surface area (Å²) in [5.41, 5.74) is 6.91. The van der Waals surface area contributed by atoms with Crippen LogP contribution in [0.1, 0.15) is 85.3 Å². The van der Waals surface area contributed by atoms with Gasteiger partial charge in [0.25, 0.3) is 5.91 Å². The molecule has 0 aliphatic heterocycles. The van der Waals surface area contributed by atoms with Gasteiger partial charge in [0.1, 0.15) is 36.3 Å². The van der Waals surface area contributed by atoms with Crippen LogP contribution in [0.15, 0.2) is 94.3 Å². The Kier molecular flexibility index (Phi) is 16.6.